The fraction of sp³-hybridized carbons (Fsp3) is 0.625. The van der Waals surface area contributed by atoms with Crippen molar-refractivity contribution in [3.8, 4) is 17.4 Å². The Hall–Kier alpha value is -4.60. The first-order valence-electron chi connectivity index (χ1n) is 19.8. The van der Waals surface area contributed by atoms with Crippen molar-refractivity contribution in [2.24, 2.45) is 17.8 Å². The Morgan fingerprint density at radius 1 is 1.09 bits per heavy atom. The quantitative estimate of drug-likeness (QED) is 0.324. The summed E-state index contributed by atoms with van der Waals surface area (Å²) in [6.07, 6.45) is 7.76. The number of sulfonamides is 1. The Bertz CT molecular complexity index is 2030. The average Bonchev–Trinajstić information content (AvgIpc) is 4.07. The number of ether oxygens (including phenoxy) is 4. The van der Waals surface area contributed by atoms with E-state index in [1.54, 1.807) is 39.1 Å². The van der Waals surface area contributed by atoms with Crippen LogP contribution in [0.25, 0.3) is 10.8 Å². The van der Waals surface area contributed by atoms with Gasteiger partial charge in [0.1, 0.15) is 42.5 Å². The summed E-state index contributed by atoms with van der Waals surface area (Å²) >= 11 is 0. The van der Waals surface area contributed by atoms with E-state index in [1.807, 2.05) is 25.1 Å². The third-order valence-corrected chi connectivity index (χ3v) is 13.2. The molecule has 2 aliphatic carbocycles. The minimum atomic E-state index is -3.91. The molecule has 7 rings (SSSR count). The first-order chi connectivity index (χ1) is 26.6. The molecule has 1 saturated heterocycles. The molecule has 0 bridgehead atoms. The molecule has 1 aromatic carbocycles. The minimum absolute atomic E-state index is 0. The number of nitrogens with one attached hydrogen (secondary N) is 3. The summed E-state index contributed by atoms with van der Waals surface area (Å²) in [7, 11) is -3.91. The first kappa shape index (κ1) is 39.6. The van der Waals surface area contributed by atoms with Crippen LogP contribution >= 0.6 is 0 Å². The molecule has 2 aromatic rings. The smallest absolute Gasteiger partial charge is 0.408 e. The highest BCUT2D eigenvalue weighted by atomic mass is 32.2. The molecule has 3 fully saturated rings. The molecule has 310 valence electrons. The number of nitrogens with zero attached hydrogens (tertiary/aromatic N) is 2. The van der Waals surface area contributed by atoms with E-state index in [1.165, 1.54) is 4.90 Å². The maximum Gasteiger partial charge on any atom is 0.408 e. The fourth-order valence-electron chi connectivity index (χ4n) is 8.14. The van der Waals surface area contributed by atoms with Gasteiger partial charge in [-0.3, -0.25) is 19.1 Å². The number of carbonyl (C=O) groups excluding carboxylic acids is 4. The SMILES string of the molecule is CC[C@@H]1C[C@H](C)CC/C=C\[C@@H]2C[C@@]2(C(=O)NS(=O)(=O)C2CC2)NC(=O)[C@@H]2C[C@@H](Oc3nccc4c5c(ccc34)OCCO5)CN2C(=O)[C@H]1NC(=O)OC(C)(C)C.[HH].[HH].[HH]. The van der Waals surface area contributed by atoms with Crippen molar-refractivity contribution in [2.45, 2.75) is 121 Å². The third kappa shape index (κ3) is 8.40. The van der Waals surface area contributed by atoms with Crippen molar-refractivity contribution in [3.63, 3.8) is 0 Å². The Balaban J connectivity index is 0.00000256. The molecule has 16 heteroatoms. The standard InChI is InChI=1S/C40H53N5O10S.3H2/c1-6-24-19-23(2)9-7-8-10-25-21-40(25,37(48)44-56(50,51)27-11-12-27)43-34(46)30-20-26(22-45(30)36(47)32(24)42-38(49)55-39(3,4)5)54-35-29-13-14-31-33(53-18-17-52-31)28(29)15-16-41-35;;;/h8,10,13-16,23-27,30,32H,6-7,9,11-12,17-22H2,1-5H3,(H,42,49)(H,43,46)(H,44,48);3*1H/b10-8-;;;/t23-,24-,25-,26-,30+,32+,40-;;;/m1.../s1. The first-order valence-corrected chi connectivity index (χ1v) is 21.3. The van der Waals surface area contributed by atoms with E-state index in [-0.39, 0.29) is 41.4 Å². The monoisotopic (exact) mass is 801 g/mol. The van der Waals surface area contributed by atoms with Crippen molar-refractivity contribution in [2.75, 3.05) is 19.8 Å². The van der Waals surface area contributed by atoms with Crippen molar-refractivity contribution in [3.05, 3.63) is 36.5 Å². The fourth-order valence-corrected chi connectivity index (χ4v) is 9.50. The number of alkyl carbamates (subject to hydrolysis) is 1. The lowest BCUT2D eigenvalue weighted by Crippen LogP contribution is -2.59. The summed E-state index contributed by atoms with van der Waals surface area (Å²) in [5, 5.41) is 6.52. The van der Waals surface area contributed by atoms with Crippen molar-refractivity contribution in [1.82, 2.24) is 25.2 Å². The number of hydrogen-bond donors (Lipinski definition) is 3. The molecule has 1 aromatic heterocycles. The van der Waals surface area contributed by atoms with E-state index >= 15 is 0 Å². The zero-order valence-electron chi connectivity index (χ0n) is 32.7. The van der Waals surface area contributed by atoms with E-state index in [4.69, 9.17) is 18.9 Å². The van der Waals surface area contributed by atoms with Gasteiger partial charge in [0.05, 0.1) is 11.8 Å². The maximum atomic E-state index is 14.9. The minimum Gasteiger partial charge on any atom is -0.486 e. The van der Waals surface area contributed by atoms with Crippen LogP contribution in [0.5, 0.6) is 17.4 Å². The van der Waals surface area contributed by atoms with Crippen molar-refractivity contribution in [1.29, 1.82) is 0 Å². The predicted molar refractivity (Wildman–Crippen MR) is 212 cm³/mol. The number of carbonyl (C=O) groups is 4. The highest BCUT2D eigenvalue weighted by molar-refractivity contribution is 7.91. The molecule has 3 aliphatic heterocycles. The predicted octanol–water partition coefficient (Wildman–Crippen LogP) is 4.87. The van der Waals surface area contributed by atoms with Crippen LogP contribution in [-0.2, 0) is 29.1 Å². The summed E-state index contributed by atoms with van der Waals surface area (Å²) in [6.45, 7) is 10.1. The van der Waals surface area contributed by atoms with Gasteiger partial charge in [0.15, 0.2) is 11.5 Å². The lowest BCUT2D eigenvalue weighted by Gasteiger charge is -2.34. The molecule has 4 amide bonds. The van der Waals surface area contributed by atoms with Gasteiger partial charge in [-0.2, -0.15) is 0 Å². The Kier molecular flexibility index (Phi) is 10.9. The van der Waals surface area contributed by atoms with E-state index in [9.17, 15) is 27.6 Å². The average molecular weight is 802 g/mol. The molecule has 4 heterocycles. The molecule has 7 atom stereocenters. The molecule has 2 saturated carbocycles. The van der Waals surface area contributed by atoms with Gasteiger partial charge in [-0.25, -0.2) is 18.2 Å². The molecule has 56 heavy (non-hydrogen) atoms. The van der Waals surface area contributed by atoms with Gasteiger partial charge in [-0.15, -0.1) is 0 Å². The number of pyridine rings is 1. The highest BCUT2D eigenvalue weighted by Crippen LogP contribution is 2.46. The van der Waals surface area contributed by atoms with Crippen LogP contribution in [0, 0.1) is 17.8 Å². The molecule has 0 unspecified atom stereocenters. The number of aromatic nitrogens is 1. The summed E-state index contributed by atoms with van der Waals surface area (Å²) in [4.78, 5) is 62.6. The zero-order valence-corrected chi connectivity index (χ0v) is 33.5. The van der Waals surface area contributed by atoms with Crippen LogP contribution in [0.15, 0.2) is 36.5 Å². The topological polar surface area (TPSA) is 192 Å². The van der Waals surface area contributed by atoms with Gasteiger partial charge in [0, 0.05) is 33.6 Å². The number of allylic oxidation sites excluding steroid dienone is 1. The van der Waals surface area contributed by atoms with Crippen LogP contribution in [0.4, 0.5) is 4.79 Å². The summed E-state index contributed by atoms with van der Waals surface area (Å²) in [5.41, 5.74) is -2.35. The molecule has 0 radical (unpaired) electrons. The normalized spacial score (nSPS) is 30.1. The Labute approximate surface area is 332 Å². The Morgan fingerprint density at radius 3 is 2.59 bits per heavy atom. The number of hydrogen-bond acceptors (Lipinski definition) is 11. The van der Waals surface area contributed by atoms with Gasteiger partial charge in [-0.05, 0) is 89.3 Å². The number of benzene rings is 1. The Morgan fingerprint density at radius 2 is 1.86 bits per heavy atom. The van der Waals surface area contributed by atoms with Crippen LogP contribution in [-0.4, -0.2) is 96.5 Å². The number of rotatable bonds is 7. The van der Waals surface area contributed by atoms with Gasteiger partial charge in [0.2, 0.25) is 27.7 Å². The van der Waals surface area contributed by atoms with E-state index < -0.39 is 74.3 Å². The van der Waals surface area contributed by atoms with Crippen molar-refractivity contribution >= 4 is 44.6 Å². The summed E-state index contributed by atoms with van der Waals surface area (Å²) < 4.78 is 51.9. The van der Waals surface area contributed by atoms with Crippen LogP contribution in [0.3, 0.4) is 0 Å². The second kappa shape index (κ2) is 15.4. The van der Waals surface area contributed by atoms with E-state index in [2.05, 4.69) is 27.3 Å². The zero-order chi connectivity index (χ0) is 40.0. The lowest BCUT2D eigenvalue weighted by molar-refractivity contribution is -0.142. The molecular weight excluding hydrogens is 743 g/mol. The van der Waals surface area contributed by atoms with Crippen molar-refractivity contribution < 1.29 is 50.8 Å². The summed E-state index contributed by atoms with van der Waals surface area (Å²) in [6, 6.07) is 3.24. The van der Waals surface area contributed by atoms with Crippen LogP contribution in [0.1, 0.15) is 90.3 Å². The summed E-state index contributed by atoms with van der Waals surface area (Å²) in [5.74, 6) is -1.03. The van der Waals surface area contributed by atoms with Gasteiger partial charge in [-0.1, -0.05) is 32.4 Å². The van der Waals surface area contributed by atoms with Gasteiger partial charge < -0.3 is 34.5 Å². The molecule has 0 spiro atoms. The molecular formula is C40H59N5O10S. The van der Waals surface area contributed by atoms with Crippen LogP contribution in [0.2, 0.25) is 0 Å². The molecule has 3 N–H and O–H groups in total. The largest absolute Gasteiger partial charge is 0.486 e. The maximum absolute atomic E-state index is 14.9. The second-order valence-electron chi connectivity index (χ2n) is 16.9. The second-order valence-corrected chi connectivity index (χ2v) is 18.8. The lowest BCUT2D eigenvalue weighted by atomic mass is 9.85. The third-order valence-electron chi connectivity index (χ3n) is 11.3. The van der Waals surface area contributed by atoms with Crippen LogP contribution < -0.4 is 29.6 Å². The van der Waals surface area contributed by atoms with Gasteiger partial charge in [0.25, 0.3) is 5.91 Å². The van der Waals surface area contributed by atoms with E-state index in [0.29, 0.717) is 62.2 Å². The molecule has 5 aliphatic rings. The number of fused-ring (bicyclic) bond motifs is 5. The van der Waals surface area contributed by atoms with E-state index in [0.717, 1.165) is 11.8 Å². The number of amides is 4. The highest BCUT2D eigenvalue weighted by Gasteiger charge is 2.62. The molecule has 15 nitrogen and oxygen atoms in total. The van der Waals surface area contributed by atoms with Gasteiger partial charge >= 0.3 is 6.09 Å².